The first kappa shape index (κ1) is 17.9. The van der Waals surface area contributed by atoms with Gasteiger partial charge in [-0.3, -0.25) is 9.59 Å². The summed E-state index contributed by atoms with van der Waals surface area (Å²) < 4.78 is 5.04. The lowest BCUT2D eigenvalue weighted by atomic mass is 10.1. The number of nitrogens with zero attached hydrogens (tertiary/aromatic N) is 1. The molecule has 2 amide bonds. The SMILES string of the molecule is CC(=NNC(=O)c1ccc(O)cc1)c1ccc(NC(=O)c2ccco2)cc1. The number of carbonyl (C=O) groups is 2. The third kappa shape index (κ3) is 4.60. The summed E-state index contributed by atoms with van der Waals surface area (Å²) in [6, 6.07) is 16.1. The van der Waals surface area contributed by atoms with Crippen molar-refractivity contribution in [3.8, 4) is 5.75 Å². The molecule has 3 aromatic rings. The fraction of sp³-hybridized carbons (Fsp3) is 0.0500. The first-order chi connectivity index (χ1) is 13.0. The minimum atomic E-state index is -0.378. The Kier molecular flexibility index (Phi) is 5.32. The minimum Gasteiger partial charge on any atom is -0.508 e. The number of benzene rings is 2. The van der Waals surface area contributed by atoms with Crippen LogP contribution >= 0.6 is 0 Å². The molecule has 7 heteroatoms. The number of nitrogens with one attached hydrogen (secondary N) is 2. The van der Waals surface area contributed by atoms with E-state index in [1.165, 1.54) is 30.5 Å². The summed E-state index contributed by atoms with van der Waals surface area (Å²) in [7, 11) is 0. The summed E-state index contributed by atoms with van der Waals surface area (Å²) in [6.07, 6.45) is 1.43. The van der Waals surface area contributed by atoms with E-state index in [1.54, 1.807) is 43.3 Å². The fourth-order valence-electron chi connectivity index (χ4n) is 2.27. The molecule has 0 aliphatic heterocycles. The molecule has 0 aliphatic rings. The lowest BCUT2D eigenvalue weighted by Gasteiger charge is -2.06. The van der Waals surface area contributed by atoms with Crippen molar-refractivity contribution in [3.63, 3.8) is 0 Å². The third-order valence-electron chi connectivity index (χ3n) is 3.76. The number of hydrogen-bond donors (Lipinski definition) is 3. The van der Waals surface area contributed by atoms with Gasteiger partial charge in [-0.1, -0.05) is 12.1 Å². The molecule has 0 radical (unpaired) electrons. The normalized spacial score (nSPS) is 11.1. The molecule has 0 spiro atoms. The average Bonchev–Trinajstić information content (AvgIpc) is 3.22. The Bertz CT molecular complexity index is 959. The van der Waals surface area contributed by atoms with Crippen molar-refractivity contribution in [2.75, 3.05) is 5.32 Å². The van der Waals surface area contributed by atoms with Gasteiger partial charge in [0.2, 0.25) is 0 Å². The first-order valence-corrected chi connectivity index (χ1v) is 8.12. The lowest BCUT2D eigenvalue weighted by molar-refractivity contribution is 0.0953. The maximum Gasteiger partial charge on any atom is 0.291 e. The Morgan fingerprint density at radius 2 is 1.59 bits per heavy atom. The maximum absolute atomic E-state index is 12.0. The second-order valence-electron chi connectivity index (χ2n) is 5.69. The largest absolute Gasteiger partial charge is 0.508 e. The second-order valence-corrected chi connectivity index (χ2v) is 5.69. The van der Waals surface area contributed by atoms with Gasteiger partial charge in [0.05, 0.1) is 12.0 Å². The molecular formula is C20H17N3O4. The van der Waals surface area contributed by atoms with Gasteiger partial charge in [0.15, 0.2) is 5.76 Å². The highest BCUT2D eigenvalue weighted by atomic mass is 16.3. The summed E-state index contributed by atoms with van der Waals surface area (Å²) in [4.78, 5) is 24.0. The molecule has 7 nitrogen and oxygen atoms in total. The summed E-state index contributed by atoms with van der Waals surface area (Å²) in [5.41, 5.74) is 4.86. The Morgan fingerprint density at radius 1 is 0.926 bits per heavy atom. The number of phenols is 1. The monoisotopic (exact) mass is 363 g/mol. The van der Waals surface area contributed by atoms with Crippen molar-refractivity contribution in [2.45, 2.75) is 6.92 Å². The zero-order valence-electron chi connectivity index (χ0n) is 14.5. The number of furan rings is 1. The van der Waals surface area contributed by atoms with Crippen LogP contribution in [0.15, 0.2) is 76.4 Å². The fourth-order valence-corrected chi connectivity index (χ4v) is 2.27. The van der Waals surface area contributed by atoms with Gasteiger partial charge in [0.25, 0.3) is 11.8 Å². The predicted octanol–water partition coefficient (Wildman–Crippen LogP) is 3.39. The van der Waals surface area contributed by atoms with E-state index >= 15 is 0 Å². The van der Waals surface area contributed by atoms with E-state index in [4.69, 9.17) is 4.42 Å². The molecule has 0 atom stereocenters. The van der Waals surface area contributed by atoms with Gasteiger partial charge < -0.3 is 14.8 Å². The van der Waals surface area contributed by atoms with Gasteiger partial charge in [-0.15, -0.1) is 0 Å². The van der Waals surface area contributed by atoms with Gasteiger partial charge in [-0.05, 0) is 61.0 Å². The van der Waals surface area contributed by atoms with Crippen molar-refractivity contribution < 1.29 is 19.1 Å². The Hall–Kier alpha value is -3.87. The molecule has 27 heavy (non-hydrogen) atoms. The number of phenolic OH excluding ortho intramolecular Hbond substituents is 1. The highest BCUT2D eigenvalue weighted by Gasteiger charge is 2.09. The van der Waals surface area contributed by atoms with Crippen LogP contribution in [0.1, 0.15) is 33.4 Å². The van der Waals surface area contributed by atoms with Crippen LogP contribution in [0.3, 0.4) is 0 Å². The van der Waals surface area contributed by atoms with Crippen LogP contribution in [0.25, 0.3) is 0 Å². The number of rotatable bonds is 5. The van der Waals surface area contributed by atoms with E-state index in [0.717, 1.165) is 5.56 Å². The average molecular weight is 363 g/mol. The summed E-state index contributed by atoms with van der Waals surface area (Å²) in [6.45, 7) is 1.76. The van der Waals surface area contributed by atoms with Crippen molar-refractivity contribution in [3.05, 3.63) is 83.8 Å². The van der Waals surface area contributed by atoms with Gasteiger partial charge in [0.1, 0.15) is 5.75 Å². The highest BCUT2D eigenvalue weighted by molar-refractivity contribution is 6.03. The Balaban J connectivity index is 1.62. The van der Waals surface area contributed by atoms with Crippen LogP contribution in [-0.2, 0) is 0 Å². The first-order valence-electron chi connectivity index (χ1n) is 8.12. The van der Waals surface area contributed by atoms with E-state index in [-0.39, 0.29) is 23.3 Å². The van der Waals surface area contributed by atoms with Gasteiger partial charge in [-0.25, -0.2) is 5.43 Å². The molecule has 0 saturated heterocycles. The van der Waals surface area contributed by atoms with Crippen LogP contribution in [0.4, 0.5) is 5.69 Å². The van der Waals surface area contributed by atoms with Gasteiger partial charge >= 0.3 is 0 Å². The van der Waals surface area contributed by atoms with E-state index in [2.05, 4.69) is 15.8 Å². The van der Waals surface area contributed by atoms with E-state index in [9.17, 15) is 14.7 Å². The van der Waals surface area contributed by atoms with E-state index < -0.39 is 0 Å². The van der Waals surface area contributed by atoms with Crippen LogP contribution in [0.5, 0.6) is 5.75 Å². The van der Waals surface area contributed by atoms with Crippen molar-refractivity contribution in [1.29, 1.82) is 0 Å². The molecule has 2 aromatic carbocycles. The van der Waals surface area contributed by atoms with Crippen LogP contribution in [-0.4, -0.2) is 22.6 Å². The molecule has 1 heterocycles. The quantitative estimate of drug-likeness (QED) is 0.477. The van der Waals surface area contributed by atoms with Crippen LogP contribution in [0.2, 0.25) is 0 Å². The molecule has 0 unspecified atom stereocenters. The number of anilines is 1. The third-order valence-corrected chi connectivity index (χ3v) is 3.76. The number of carbonyl (C=O) groups excluding carboxylic acids is 2. The molecular weight excluding hydrogens is 346 g/mol. The number of aromatic hydroxyl groups is 1. The number of amides is 2. The molecule has 3 N–H and O–H groups in total. The van der Waals surface area contributed by atoms with E-state index in [0.29, 0.717) is 17.0 Å². The maximum atomic E-state index is 12.0. The van der Waals surface area contributed by atoms with Crippen molar-refractivity contribution in [2.24, 2.45) is 5.10 Å². The molecule has 3 rings (SSSR count). The standard InChI is InChI=1S/C20H17N3O4/c1-13(22-23-19(25)15-6-10-17(24)11-7-15)14-4-8-16(9-5-14)21-20(26)18-3-2-12-27-18/h2-12,24H,1H3,(H,21,26)(H,23,25). The zero-order valence-corrected chi connectivity index (χ0v) is 14.5. The molecule has 1 aromatic heterocycles. The summed E-state index contributed by atoms with van der Waals surface area (Å²) in [5.74, 6) is -0.393. The van der Waals surface area contributed by atoms with Gasteiger partial charge in [0, 0.05) is 11.3 Å². The molecule has 0 saturated carbocycles. The molecule has 136 valence electrons. The number of hydrazone groups is 1. The Labute approximate surface area is 155 Å². The highest BCUT2D eigenvalue weighted by Crippen LogP contribution is 2.13. The summed E-state index contributed by atoms with van der Waals surface area (Å²) >= 11 is 0. The summed E-state index contributed by atoms with van der Waals surface area (Å²) in [5, 5.41) is 16.0. The topological polar surface area (TPSA) is 104 Å². The van der Waals surface area contributed by atoms with Crippen molar-refractivity contribution >= 4 is 23.2 Å². The van der Waals surface area contributed by atoms with Crippen molar-refractivity contribution in [1.82, 2.24) is 5.43 Å². The molecule has 0 aliphatic carbocycles. The zero-order chi connectivity index (χ0) is 19.2. The van der Waals surface area contributed by atoms with Gasteiger partial charge in [-0.2, -0.15) is 5.10 Å². The van der Waals surface area contributed by atoms with E-state index in [1.807, 2.05) is 0 Å². The smallest absolute Gasteiger partial charge is 0.291 e. The minimum absolute atomic E-state index is 0.0884. The predicted molar refractivity (Wildman–Crippen MR) is 101 cm³/mol. The molecule has 0 fully saturated rings. The van der Waals surface area contributed by atoms with Crippen LogP contribution in [0, 0.1) is 0 Å². The molecule has 0 bridgehead atoms. The number of hydrogen-bond acceptors (Lipinski definition) is 5. The second kappa shape index (κ2) is 8.01. The lowest BCUT2D eigenvalue weighted by Crippen LogP contribution is -2.19. The Morgan fingerprint density at radius 3 is 2.22 bits per heavy atom. The van der Waals surface area contributed by atoms with Crippen LogP contribution < -0.4 is 10.7 Å².